The maximum Gasteiger partial charge on any atom is 0.129 e. The van der Waals surface area contributed by atoms with E-state index in [1.807, 2.05) is 13.0 Å². The fourth-order valence-electron chi connectivity index (χ4n) is 2.02. The zero-order valence-electron chi connectivity index (χ0n) is 10.5. The first-order valence-electron chi connectivity index (χ1n) is 6.01. The summed E-state index contributed by atoms with van der Waals surface area (Å²) in [5.41, 5.74) is 7.88. The van der Waals surface area contributed by atoms with Crippen LogP contribution in [0.15, 0.2) is 41.1 Å². The van der Waals surface area contributed by atoms with E-state index in [0.29, 0.717) is 22.3 Å². The molecule has 1 unspecified atom stereocenters. The molecule has 0 spiro atoms. The molecular formula is C14H15BrFN3. The molecule has 1 heterocycles. The number of hydrogen-bond acceptors (Lipinski definition) is 3. The van der Waals surface area contributed by atoms with Crippen LogP contribution < -0.4 is 11.1 Å². The van der Waals surface area contributed by atoms with Gasteiger partial charge in [0.15, 0.2) is 0 Å². The van der Waals surface area contributed by atoms with Crippen molar-refractivity contribution in [2.45, 2.75) is 13.0 Å². The van der Waals surface area contributed by atoms with E-state index in [-0.39, 0.29) is 11.9 Å². The molecule has 3 nitrogen and oxygen atoms in total. The Morgan fingerprint density at radius 2 is 2.21 bits per heavy atom. The maximum atomic E-state index is 14.1. The molecule has 0 saturated heterocycles. The molecule has 3 N–H and O–H groups in total. The van der Waals surface area contributed by atoms with Crippen molar-refractivity contribution < 1.29 is 4.39 Å². The van der Waals surface area contributed by atoms with Gasteiger partial charge >= 0.3 is 0 Å². The third kappa shape index (κ3) is 2.93. The summed E-state index contributed by atoms with van der Waals surface area (Å²) in [7, 11) is 0. The molecule has 100 valence electrons. The molecule has 0 aliphatic heterocycles. The molecule has 0 bridgehead atoms. The van der Waals surface area contributed by atoms with Crippen LogP contribution in [0.4, 0.5) is 10.1 Å². The number of pyridine rings is 1. The van der Waals surface area contributed by atoms with Gasteiger partial charge in [-0.25, -0.2) is 4.39 Å². The number of halogens is 2. The summed E-state index contributed by atoms with van der Waals surface area (Å²) in [5, 5.41) is 3.25. The van der Waals surface area contributed by atoms with Crippen LogP contribution in [0, 0.1) is 5.82 Å². The van der Waals surface area contributed by atoms with Crippen LogP contribution in [0.3, 0.4) is 0 Å². The van der Waals surface area contributed by atoms with Gasteiger partial charge in [0.2, 0.25) is 0 Å². The fourth-order valence-corrected chi connectivity index (χ4v) is 2.59. The molecule has 1 atom stereocenters. The van der Waals surface area contributed by atoms with Gasteiger partial charge in [0.25, 0.3) is 0 Å². The molecule has 2 rings (SSSR count). The highest BCUT2D eigenvalue weighted by molar-refractivity contribution is 9.10. The molecule has 5 heteroatoms. The number of benzene rings is 1. The Kier molecular flexibility index (Phi) is 4.50. The van der Waals surface area contributed by atoms with E-state index in [0.717, 1.165) is 5.56 Å². The topological polar surface area (TPSA) is 50.9 Å². The van der Waals surface area contributed by atoms with E-state index in [1.54, 1.807) is 24.5 Å². The summed E-state index contributed by atoms with van der Waals surface area (Å²) in [4.78, 5) is 4.08. The van der Waals surface area contributed by atoms with Crippen molar-refractivity contribution in [3.8, 4) is 0 Å². The Labute approximate surface area is 120 Å². The van der Waals surface area contributed by atoms with Crippen LogP contribution in [0.25, 0.3) is 0 Å². The van der Waals surface area contributed by atoms with Gasteiger partial charge in [-0.15, -0.1) is 0 Å². The first-order valence-corrected chi connectivity index (χ1v) is 6.81. The minimum Gasteiger partial charge on any atom is -0.398 e. The van der Waals surface area contributed by atoms with Gasteiger partial charge in [-0.3, -0.25) is 4.98 Å². The first kappa shape index (κ1) is 14.0. The summed E-state index contributed by atoms with van der Waals surface area (Å²) in [6.07, 6.45) is 3.29. The van der Waals surface area contributed by atoms with Crippen LogP contribution >= 0.6 is 15.9 Å². The van der Waals surface area contributed by atoms with Gasteiger partial charge in [-0.05, 0) is 24.7 Å². The van der Waals surface area contributed by atoms with Gasteiger partial charge in [-0.1, -0.05) is 28.9 Å². The lowest BCUT2D eigenvalue weighted by atomic mass is 9.98. The van der Waals surface area contributed by atoms with Crippen LogP contribution in [0.2, 0.25) is 0 Å². The average molecular weight is 324 g/mol. The highest BCUT2D eigenvalue weighted by Crippen LogP contribution is 2.32. The number of aromatic nitrogens is 1. The zero-order chi connectivity index (χ0) is 13.8. The Balaban J connectivity index is 2.55. The number of nitrogens with zero attached hydrogens (tertiary/aromatic N) is 1. The Morgan fingerprint density at radius 3 is 2.84 bits per heavy atom. The predicted molar refractivity (Wildman–Crippen MR) is 78.3 cm³/mol. The maximum absolute atomic E-state index is 14.1. The molecule has 0 aliphatic rings. The number of nitrogens with one attached hydrogen (secondary N) is 1. The second kappa shape index (κ2) is 6.12. The van der Waals surface area contributed by atoms with E-state index in [9.17, 15) is 4.39 Å². The summed E-state index contributed by atoms with van der Waals surface area (Å²) in [6.45, 7) is 2.66. The molecule has 0 amide bonds. The minimum absolute atomic E-state index is 0.274. The minimum atomic E-state index is -0.325. The molecule has 0 saturated carbocycles. The third-order valence-corrected chi connectivity index (χ3v) is 3.59. The number of rotatable bonds is 4. The van der Waals surface area contributed by atoms with E-state index in [1.165, 1.54) is 6.07 Å². The van der Waals surface area contributed by atoms with Crippen molar-refractivity contribution in [2.75, 3.05) is 12.3 Å². The fraction of sp³-hybridized carbons (Fsp3) is 0.214. The lowest BCUT2D eigenvalue weighted by Gasteiger charge is -2.21. The monoisotopic (exact) mass is 323 g/mol. The van der Waals surface area contributed by atoms with E-state index >= 15 is 0 Å². The van der Waals surface area contributed by atoms with Gasteiger partial charge in [0.05, 0.1) is 6.04 Å². The normalized spacial score (nSPS) is 12.4. The lowest BCUT2D eigenvalue weighted by Crippen LogP contribution is -2.24. The summed E-state index contributed by atoms with van der Waals surface area (Å²) in [5.74, 6) is -0.274. The zero-order valence-corrected chi connectivity index (χ0v) is 12.1. The quantitative estimate of drug-likeness (QED) is 0.908. The summed E-state index contributed by atoms with van der Waals surface area (Å²) >= 11 is 3.40. The molecule has 1 aromatic heterocycles. The van der Waals surface area contributed by atoms with Gasteiger partial charge in [0, 0.05) is 33.7 Å². The molecule has 2 aromatic rings. The van der Waals surface area contributed by atoms with Crippen LogP contribution in [0.5, 0.6) is 0 Å². The highest BCUT2D eigenvalue weighted by Gasteiger charge is 2.21. The summed E-state index contributed by atoms with van der Waals surface area (Å²) in [6, 6.07) is 6.31. The molecule has 1 aromatic carbocycles. The van der Waals surface area contributed by atoms with Gasteiger partial charge < -0.3 is 11.1 Å². The van der Waals surface area contributed by atoms with Crippen molar-refractivity contribution in [2.24, 2.45) is 0 Å². The second-order valence-corrected chi connectivity index (χ2v) is 4.98. The van der Waals surface area contributed by atoms with Crippen LogP contribution in [-0.4, -0.2) is 11.5 Å². The van der Waals surface area contributed by atoms with Crippen molar-refractivity contribution >= 4 is 21.6 Å². The number of nitrogens with two attached hydrogens (primary N) is 1. The lowest BCUT2D eigenvalue weighted by molar-refractivity contribution is 0.556. The molecule has 0 aliphatic carbocycles. The highest BCUT2D eigenvalue weighted by atomic mass is 79.9. The Morgan fingerprint density at radius 1 is 1.42 bits per heavy atom. The smallest absolute Gasteiger partial charge is 0.129 e. The Bertz CT molecular complexity index is 554. The van der Waals surface area contributed by atoms with Crippen molar-refractivity contribution in [1.29, 1.82) is 0 Å². The first-order chi connectivity index (χ1) is 9.15. The second-order valence-electron chi connectivity index (χ2n) is 4.13. The number of anilines is 1. The van der Waals surface area contributed by atoms with Gasteiger partial charge in [0.1, 0.15) is 5.82 Å². The molecule has 19 heavy (non-hydrogen) atoms. The number of hydrogen-bond donors (Lipinski definition) is 2. The van der Waals surface area contributed by atoms with E-state index in [4.69, 9.17) is 5.73 Å². The molecule has 0 fully saturated rings. The SMILES string of the molecule is CCNC(c1cnccc1N)c1c(F)cccc1Br. The van der Waals surface area contributed by atoms with Crippen LogP contribution in [-0.2, 0) is 0 Å². The largest absolute Gasteiger partial charge is 0.398 e. The van der Waals surface area contributed by atoms with Crippen molar-refractivity contribution in [3.05, 3.63) is 58.1 Å². The third-order valence-electron chi connectivity index (χ3n) is 2.89. The summed E-state index contributed by atoms with van der Waals surface area (Å²) < 4.78 is 14.8. The van der Waals surface area contributed by atoms with Crippen molar-refractivity contribution in [1.82, 2.24) is 10.3 Å². The Hall–Kier alpha value is -1.46. The van der Waals surface area contributed by atoms with E-state index < -0.39 is 0 Å². The predicted octanol–water partition coefficient (Wildman–Crippen LogP) is 3.26. The standard InChI is InChI=1S/C14H15BrFN3/c1-2-19-14(9-8-18-7-6-12(9)17)13-10(15)4-3-5-11(13)16/h3-8,14,19H,2H2,1H3,(H2,17,18). The van der Waals surface area contributed by atoms with Gasteiger partial charge in [-0.2, -0.15) is 0 Å². The number of nitrogen functional groups attached to an aromatic ring is 1. The molecular weight excluding hydrogens is 309 g/mol. The molecule has 0 radical (unpaired) electrons. The van der Waals surface area contributed by atoms with E-state index in [2.05, 4.69) is 26.2 Å². The average Bonchev–Trinajstić information content (AvgIpc) is 2.38. The van der Waals surface area contributed by atoms with Crippen LogP contribution in [0.1, 0.15) is 24.1 Å². The van der Waals surface area contributed by atoms with Crippen molar-refractivity contribution in [3.63, 3.8) is 0 Å².